The first-order chi connectivity index (χ1) is 11.2. The molecular weight excluding hydrogens is 308 g/mol. The molecule has 2 saturated heterocycles. The van der Waals surface area contributed by atoms with Gasteiger partial charge >= 0.3 is 12.1 Å². The molecule has 0 radical (unpaired) electrons. The summed E-state index contributed by atoms with van der Waals surface area (Å²) in [4.78, 5) is 28.9. The van der Waals surface area contributed by atoms with E-state index in [4.69, 9.17) is 9.47 Å². The van der Waals surface area contributed by atoms with E-state index in [2.05, 4.69) is 11.9 Å². The van der Waals surface area contributed by atoms with Gasteiger partial charge < -0.3 is 19.3 Å². The van der Waals surface area contributed by atoms with Crippen LogP contribution in [0.2, 0.25) is 0 Å². The minimum atomic E-state index is -0.498. The van der Waals surface area contributed by atoms with E-state index in [1.54, 1.807) is 4.90 Å². The smallest absolute Gasteiger partial charge is 0.410 e. The lowest BCUT2D eigenvalue weighted by atomic mass is 9.65. The quantitative estimate of drug-likeness (QED) is 0.723. The highest BCUT2D eigenvalue weighted by Crippen LogP contribution is 2.45. The summed E-state index contributed by atoms with van der Waals surface area (Å²) in [7, 11) is 3.59. The predicted octanol–water partition coefficient (Wildman–Crippen LogP) is 2.52. The molecule has 24 heavy (non-hydrogen) atoms. The van der Waals surface area contributed by atoms with Gasteiger partial charge in [0, 0.05) is 13.1 Å². The molecule has 2 heterocycles. The lowest BCUT2D eigenvalue weighted by Gasteiger charge is -2.46. The zero-order valence-corrected chi connectivity index (χ0v) is 15.8. The number of esters is 1. The Balaban J connectivity index is 2.05. The first-order valence-corrected chi connectivity index (χ1v) is 8.93. The Kier molecular flexibility index (Phi) is 5.78. The highest BCUT2D eigenvalue weighted by molar-refractivity contribution is 5.78. The highest BCUT2D eigenvalue weighted by Gasteiger charge is 2.49. The summed E-state index contributed by atoms with van der Waals surface area (Å²) >= 11 is 0. The zero-order valence-electron chi connectivity index (χ0n) is 15.8. The van der Waals surface area contributed by atoms with Gasteiger partial charge in [-0.15, -0.1) is 0 Å². The number of piperidine rings is 2. The van der Waals surface area contributed by atoms with E-state index in [1.165, 1.54) is 7.11 Å². The average molecular weight is 340 g/mol. The minimum absolute atomic E-state index is 0.110. The monoisotopic (exact) mass is 340 g/mol. The summed E-state index contributed by atoms with van der Waals surface area (Å²) in [5.74, 6) is 0.225. The van der Waals surface area contributed by atoms with Crippen LogP contribution in [-0.4, -0.2) is 67.8 Å². The fourth-order valence-electron chi connectivity index (χ4n) is 3.96. The molecule has 2 rings (SSSR count). The maximum Gasteiger partial charge on any atom is 0.410 e. The van der Waals surface area contributed by atoms with Crippen LogP contribution in [0.1, 0.15) is 46.5 Å². The number of hydrogen-bond acceptors (Lipinski definition) is 5. The third-order valence-corrected chi connectivity index (χ3v) is 5.40. The van der Waals surface area contributed by atoms with Crippen molar-refractivity contribution in [3.63, 3.8) is 0 Å². The number of carbonyl (C=O) groups is 2. The van der Waals surface area contributed by atoms with Crippen LogP contribution in [0, 0.1) is 11.3 Å². The van der Waals surface area contributed by atoms with E-state index >= 15 is 0 Å². The molecule has 0 bridgehead atoms. The molecular formula is C18H32N2O4. The highest BCUT2D eigenvalue weighted by atomic mass is 16.6. The Labute approximate surface area is 145 Å². The molecule has 0 unspecified atom stereocenters. The summed E-state index contributed by atoms with van der Waals surface area (Å²) in [6.45, 7) is 8.73. The number of ether oxygens (including phenoxy) is 2. The Morgan fingerprint density at radius 3 is 2.04 bits per heavy atom. The SMILES string of the molecule is COC(=O)C1(C2CCN(C)CC2)CCN(C(=O)OC(C)(C)C)CC1. The Morgan fingerprint density at radius 1 is 1.04 bits per heavy atom. The second kappa shape index (κ2) is 7.30. The van der Waals surface area contributed by atoms with Crippen LogP contribution in [0.3, 0.4) is 0 Å². The molecule has 0 N–H and O–H groups in total. The van der Waals surface area contributed by atoms with Crippen molar-refractivity contribution in [3.05, 3.63) is 0 Å². The van der Waals surface area contributed by atoms with E-state index in [0.717, 1.165) is 25.9 Å². The van der Waals surface area contributed by atoms with E-state index in [0.29, 0.717) is 31.8 Å². The maximum atomic E-state index is 12.6. The number of rotatable bonds is 2. The van der Waals surface area contributed by atoms with Crippen molar-refractivity contribution in [2.45, 2.75) is 52.1 Å². The Bertz CT molecular complexity index is 456. The summed E-state index contributed by atoms with van der Waals surface area (Å²) in [6, 6.07) is 0. The molecule has 2 aliphatic heterocycles. The molecule has 0 aromatic carbocycles. The van der Waals surface area contributed by atoms with Gasteiger partial charge in [-0.25, -0.2) is 4.79 Å². The summed E-state index contributed by atoms with van der Waals surface area (Å²) in [6.07, 6.45) is 3.06. The molecule has 0 spiro atoms. The number of carbonyl (C=O) groups excluding carboxylic acids is 2. The molecule has 138 valence electrons. The maximum absolute atomic E-state index is 12.6. The van der Waals surface area contributed by atoms with Gasteiger partial charge in [0.15, 0.2) is 0 Å². The van der Waals surface area contributed by atoms with Crippen molar-refractivity contribution >= 4 is 12.1 Å². The van der Waals surface area contributed by atoms with Crippen molar-refractivity contribution in [1.29, 1.82) is 0 Å². The summed E-state index contributed by atoms with van der Waals surface area (Å²) < 4.78 is 10.6. The molecule has 1 amide bonds. The van der Waals surface area contributed by atoms with E-state index in [1.807, 2.05) is 20.8 Å². The van der Waals surface area contributed by atoms with Gasteiger partial charge in [0.1, 0.15) is 5.60 Å². The summed E-state index contributed by atoms with van der Waals surface area (Å²) in [5, 5.41) is 0. The van der Waals surface area contributed by atoms with Gasteiger partial charge in [-0.05, 0) is 72.5 Å². The first-order valence-electron chi connectivity index (χ1n) is 8.93. The second-order valence-corrected chi connectivity index (χ2v) is 8.19. The van der Waals surface area contributed by atoms with Gasteiger partial charge in [-0.1, -0.05) is 0 Å². The van der Waals surface area contributed by atoms with Gasteiger partial charge in [0.2, 0.25) is 0 Å². The van der Waals surface area contributed by atoms with Crippen molar-refractivity contribution in [2.24, 2.45) is 11.3 Å². The van der Waals surface area contributed by atoms with Gasteiger partial charge in [-0.2, -0.15) is 0 Å². The third-order valence-electron chi connectivity index (χ3n) is 5.40. The van der Waals surface area contributed by atoms with Crippen LogP contribution in [0.25, 0.3) is 0 Å². The zero-order chi connectivity index (χ0) is 18.0. The van der Waals surface area contributed by atoms with E-state index in [9.17, 15) is 9.59 Å². The van der Waals surface area contributed by atoms with Crippen molar-refractivity contribution in [3.8, 4) is 0 Å². The minimum Gasteiger partial charge on any atom is -0.469 e. The third kappa shape index (κ3) is 4.21. The molecule has 6 heteroatoms. The van der Waals surface area contributed by atoms with Gasteiger partial charge in [0.25, 0.3) is 0 Å². The molecule has 0 atom stereocenters. The van der Waals surface area contributed by atoms with E-state index < -0.39 is 11.0 Å². The van der Waals surface area contributed by atoms with Gasteiger partial charge in [-0.3, -0.25) is 4.79 Å². The molecule has 0 aromatic rings. The Hall–Kier alpha value is -1.30. The van der Waals surface area contributed by atoms with Crippen molar-refractivity contribution in [2.75, 3.05) is 40.3 Å². The standard InChI is InChI=1S/C18H32N2O4/c1-17(2,3)24-16(22)20-12-8-18(9-13-20,15(21)23-5)14-6-10-19(4)11-7-14/h14H,6-13H2,1-5H3. The van der Waals surface area contributed by atoms with Crippen molar-refractivity contribution < 1.29 is 19.1 Å². The van der Waals surface area contributed by atoms with E-state index in [-0.39, 0.29) is 12.1 Å². The van der Waals surface area contributed by atoms with Crippen LogP contribution >= 0.6 is 0 Å². The molecule has 0 aliphatic carbocycles. The number of hydrogen-bond donors (Lipinski definition) is 0. The lowest BCUT2D eigenvalue weighted by molar-refractivity contribution is -0.162. The fraction of sp³-hybridized carbons (Fsp3) is 0.889. The predicted molar refractivity (Wildman–Crippen MR) is 91.7 cm³/mol. The number of amides is 1. The average Bonchev–Trinajstić information content (AvgIpc) is 2.53. The molecule has 2 aliphatic rings. The molecule has 2 fully saturated rings. The second-order valence-electron chi connectivity index (χ2n) is 8.19. The summed E-state index contributed by atoms with van der Waals surface area (Å²) in [5.41, 5.74) is -0.948. The van der Waals surface area contributed by atoms with Gasteiger partial charge in [0.05, 0.1) is 12.5 Å². The molecule has 6 nitrogen and oxygen atoms in total. The number of likely N-dealkylation sites (tertiary alicyclic amines) is 2. The van der Waals surface area contributed by atoms with Crippen molar-refractivity contribution in [1.82, 2.24) is 9.80 Å². The fourth-order valence-corrected chi connectivity index (χ4v) is 3.96. The molecule has 0 saturated carbocycles. The first kappa shape index (κ1) is 19.0. The normalized spacial score (nSPS) is 23.0. The van der Waals surface area contributed by atoms with Crippen LogP contribution in [0.5, 0.6) is 0 Å². The number of nitrogens with zero attached hydrogens (tertiary/aromatic N) is 2. The Morgan fingerprint density at radius 2 is 1.58 bits per heavy atom. The van der Waals surface area contributed by atoms with Crippen LogP contribution in [0.4, 0.5) is 4.79 Å². The number of methoxy groups -OCH3 is 1. The van der Waals surface area contributed by atoms with Crippen LogP contribution in [0.15, 0.2) is 0 Å². The topological polar surface area (TPSA) is 59.1 Å². The van der Waals surface area contributed by atoms with Crippen LogP contribution in [-0.2, 0) is 14.3 Å². The largest absolute Gasteiger partial charge is 0.469 e. The lowest BCUT2D eigenvalue weighted by Crippen LogP contribution is -2.53. The van der Waals surface area contributed by atoms with Crippen LogP contribution < -0.4 is 0 Å². The molecule has 0 aromatic heterocycles.